The van der Waals surface area contributed by atoms with Gasteiger partial charge >= 0.3 is 6.18 Å². The van der Waals surface area contributed by atoms with E-state index in [1.54, 1.807) is 29.1 Å². The van der Waals surface area contributed by atoms with Crippen molar-refractivity contribution in [3.63, 3.8) is 0 Å². The molecule has 0 aliphatic carbocycles. The molecule has 0 saturated carbocycles. The van der Waals surface area contributed by atoms with Crippen molar-refractivity contribution in [2.75, 3.05) is 5.32 Å². The molecule has 0 saturated heterocycles. The average molecular weight is 477 g/mol. The zero-order valence-electron chi connectivity index (χ0n) is 14.5. The van der Waals surface area contributed by atoms with Crippen molar-refractivity contribution in [3.8, 4) is 0 Å². The molecular weight excluding hydrogens is 463 g/mol. The highest BCUT2D eigenvalue weighted by atomic mass is 79.9. The molecule has 28 heavy (non-hydrogen) atoms. The Morgan fingerprint density at radius 2 is 2.11 bits per heavy atom. The van der Waals surface area contributed by atoms with Crippen LogP contribution in [0.3, 0.4) is 0 Å². The molecule has 0 spiro atoms. The van der Waals surface area contributed by atoms with Crippen LogP contribution in [-0.4, -0.2) is 25.5 Å². The monoisotopic (exact) mass is 475 g/mol. The molecule has 0 aliphatic heterocycles. The highest BCUT2D eigenvalue weighted by Crippen LogP contribution is 2.35. The van der Waals surface area contributed by atoms with Gasteiger partial charge in [-0.2, -0.15) is 23.4 Å². The second-order valence-electron chi connectivity index (χ2n) is 6.01. The summed E-state index contributed by atoms with van der Waals surface area (Å²) < 4.78 is 41.3. The van der Waals surface area contributed by atoms with E-state index in [2.05, 4.69) is 31.4 Å². The van der Waals surface area contributed by atoms with Crippen LogP contribution in [0.4, 0.5) is 18.9 Å². The number of carbonyl (C=O) groups excluding carboxylic acids is 1. The molecule has 1 N–H and O–H groups in total. The molecule has 1 aromatic carbocycles. The molecule has 148 valence electrons. The Hall–Kier alpha value is -2.33. The van der Waals surface area contributed by atoms with Crippen LogP contribution >= 0.6 is 27.5 Å². The first kappa shape index (κ1) is 20.4. The van der Waals surface area contributed by atoms with Crippen LogP contribution in [0.25, 0.3) is 0 Å². The molecule has 0 atom stereocenters. The third-order valence-electron chi connectivity index (χ3n) is 3.85. The number of rotatable bonds is 5. The second-order valence-corrected chi connectivity index (χ2v) is 7.24. The number of hydrogen-bond donors (Lipinski definition) is 1. The molecule has 0 radical (unpaired) electrons. The van der Waals surface area contributed by atoms with E-state index in [9.17, 15) is 18.0 Å². The zero-order valence-corrected chi connectivity index (χ0v) is 16.8. The molecule has 3 rings (SSSR count). The number of hydrogen-bond acceptors (Lipinski definition) is 3. The van der Waals surface area contributed by atoms with Crippen molar-refractivity contribution < 1.29 is 18.0 Å². The van der Waals surface area contributed by atoms with Crippen molar-refractivity contribution in [1.82, 2.24) is 19.6 Å². The van der Waals surface area contributed by atoms with Crippen molar-refractivity contribution in [1.29, 1.82) is 0 Å². The number of anilines is 1. The van der Waals surface area contributed by atoms with E-state index >= 15 is 0 Å². The van der Waals surface area contributed by atoms with Crippen molar-refractivity contribution >= 4 is 39.1 Å². The number of halogens is 5. The van der Waals surface area contributed by atoms with E-state index in [0.717, 1.165) is 10.2 Å². The predicted molar refractivity (Wildman–Crippen MR) is 101 cm³/mol. The fourth-order valence-electron chi connectivity index (χ4n) is 2.56. The molecule has 0 aliphatic rings. The second kappa shape index (κ2) is 7.96. The van der Waals surface area contributed by atoms with Crippen molar-refractivity contribution in [2.24, 2.45) is 0 Å². The SMILES string of the molecule is Cc1c(Br)c(C(F)(F)F)nn1CC(=O)Nc1cccc(Cn2cc(Cl)cn2)c1. The quantitative estimate of drug-likeness (QED) is 0.589. The number of benzene rings is 1. The Morgan fingerprint density at radius 3 is 2.71 bits per heavy atom. The Bertz CT molecular complexity index is 1010. The average Bonchev–Trinajstić information content (AvgIpc) is 3.12. The molecule has 2 heterocycles. The Kier molecular flexibility index (Phi) is 5.80. The summed E-state index contributed by atoms with van der Waals surface area (Å²) in [7, 11) is 0. The summed E-state index contributed by atoms with van der Waals surface area (Å²) in [4.78, 5) is 12.3. The van der Waals surface area contributed by atoms with Gasteiger partial charge in [0, 0.05) is 11.9 Å². The lowest BCUT2D eigenvalue weighted by atomic mass is 10.2. The van der Waals surface area contributed by atoms with E-state index in [1.165, 1.54) is 13.1 Å². The minimum atomic E-state index is -4.60. The minimum Gasteiger partial charge on any atom is -0.324 e. The molecule has 0 bridgehead atoms. The summed E-state index contributed by atoms with van der Waals surface area (Å²) in [6, 6.07) is 7.05. The van der Waals surface area contributed by atoms with Crippen LogP contribution in [0.15, 0.2) is 41.1 Å². The summed E-state index contributed by atoms with van der Waals surface area (Å²) in [5, 5.41) is 10.8. The maximum atomic E-state index is 12.9. The van der Waals surface area contributed by atoms with Gasteiger partial charge < -0.3 is 5.32 Å². The summed E-state index contributed by atoms with van der Waals surface area (Å²) in [5.74, 6) is -0.494. The van der Waals surface area contributed by atoms with Crippen LogP contribution in [0.2, 0.25) is 5.02 Å². The summed E-state index contributed by atoms with van der Waals surface area (Å²) >= 11 is 8.72. The van der Waals surface area contributed by atoms with Crippen LogP contribution in [0.5, 0.6) is 0 Å². The summed E-state index contributed by atoms with van der Waals surface area (Å²) in [6.07, 6.45) is -1.41. The third kappa shape index (κ3) is 4.74. The molecule has 11 heteroatoms. The van der Waals surface area contributed by atoms with Crippen LogP contribution < -0.4 is 5.32 Å². The van der Waals surface area contributed by atoms with Gasteiger partial charge in [0.1, 0.15) is 6.54 Å². The van der Waals surface area contributed by atoms with Crippen molar-refractivity contribution in [2.45, 2.75) is 26.2 Å². The van der Waals surface area contributed by atoms with Gasteiger partial charge in [0.25, 0.3) is 0 Å². The van der Waals surface area contributed by atoms with Gasteiger partial charge in [-0.15, -0.1) is 0 Å². The van der Waals surface area contributed by atoms with Gasteiger partial charge in [0.05, 0.1) is 27.9 Å². The fourth-order valence-corrected chi connectivity index (χ4v) is 3.22. The molecule has 3 aromatic rings. The maximum absolute atomic E-state index is 12.9. The Balaban J connectivity index is 1.69. The lowest BCUT2D eigenvalue weighted by Crippen LogP contribution is -2.21. The van der Waals surface area contributed by atoms with Crippen LogP contribution in [0, 0.1) is 6.92 Å². The number of nitrogens with one attached hydrogen (secondary N) is 1. The molecule has 0 fully saturated rings. The lowest BCUT2D eigenvalue weighted by Gasteiger charge is -2.09. The highest BCUT2D eigenvalue weighted by molar-refractivity contribution is 9.10. The third-order valence-corrected chi connectivity index (χ3v) is 5.00. The lowest BCUT2D eigenvalue weighted by molar-refractivity contribution is -0.142. The van der Waals surface area contributed by atoms with E-state index in [0.29, 0.717) is 17.3 Å². The largest absolute Gasteiger partial charge is 0.436 e. The van der Waals surface area contributed by atoms with Gasteiger partial charge in [-0.05, 0) is 40.5 Å². The Morgan fingerprint density at radius 1 is 1.36 bits per heavy atom. The van der Waals surface area contributed by atoms with E-state index in [-0.39, 0.29) is 16.7 Å². The standard InChI is InChI=1S/C17H14BrClF3N5O/c1-10-15(18)16(17(20,21)22)25-27(10)9-14(28)24-13-4-2-3-11(5-13)7-26-8-12(19)6-23-26/h2-6,8H,7,9H2,1H3,(H,24,28). The van der Waals surface area contributed by atoms with E-state index in [4.69, 9.17) is 11.6 Å². The molecule has 2 aromatic heterocycles. The van der Waals surface area contributed by atoms with E-state index in [1.807, 2.05) is 6.07 Å². The Labute approximate surface area is 171 Å². The first-order valence-corrected chi connectivity index (χ1v) is 9.17. The minimum absolute atomic E-state index is 0.173. The first-order valence-electron chi connectivity index (χ1n) is 8.00. The molecular formula is C17H14BrClF3N5O. The van der Waals surface area contributed by atoms with Crippen LogP contribution in [0.1, 0.15) is 17.0 Å². The topological polar surface area (TPSA) is 64.7 Å². The summed E-state index contributed by atoms with van der Waals surface area (Å²) in [5.41, 5.74) is 0.542. The zero-order chi connectivity index (χ0) is 20.5. The molecule has 0 unspecified atom stereocenters. The van der Waals surface area contributed by atoms with Gasteiger partial charge in [0.2, 0.25) is 5.91 Å². The van der Waals surface area contributed by atoms with Gasteiger partial charge in [0.15, 0.2) is 5.69 Å². The van der Waals surface area contributed by atoms with Crippen LogP contribution in [-0.2, 0) is 24.1 Å². The highest BCUT2D eigenvalue weighted by Gasteiger charge is 2.38. The summed E-state index contributed by atoms with van der Waals surface area (Å²) in [6.45, 7) is 1.56. The first-order chi connectivity index (χ1) is 13.1. The number of nitrogens with zero attached hydrogens (tertiary/aromatic N) is 4. The molecule has 1 amide bonds. The van der Waals surface area contributed by atoms with Crippen molar-refractivity contribution in [3.05, 3.63) is 63.1 Å². The number of aromatic nitrogens is 4. The molecule has 6 nitrogen and oxygen atoms in total. The fraction of sp³-hybridized carbons (Fsp3) is 0.235. The smallest absolute Gasteiger partial charge is 0.324 e. The predicted octanol–water partition coefficient (Wildman–Crippen LogP) is 4.51. The van der Waals surface area contributed by atoms with Gasteiger partial charge in [-0.1, -0.05) is 23.7 Å². The number of carbonyl (C=O) groups is 1. The van der Waals surface area contributed by atoms with Gasteiger partial charge in [-0.25, -0.2) is 0 Å². The number of alkyl halides is 3. The maximum Gasteiger partial charge on any atom is 0.436 e. The van der Waals surface area contributed by atoms with E-state index < -0.39 is 17.8 Å². The number of amides is 1. The normalized spacial score (nSPS) is 11.6. The van der Waals surface area contributed by atoms with Gasteiger partial charge in [-0.3, -0.25) is 14.2 Å².